The molecule has 0 bridgehead atoms. The zero-order chi connectivity index (χ0) is 14.5. The van der Waals surface area contributed by atoms with Crippen LogP contribution in [0.25, 0.3) is 0 Å². The van der Waals surface area contributed by atoms with E-state index in [2.05, 4.69) is 26.6 Å². The standard InChI is InChI=1S/C15H13BrN2O2/c1-10-3-2-4-13(9-10)18-15(20)14(19)17-12-7-5-11(16)6-8-12/h2-9H,1H3,(H,17,19)(H,18,20). The van der Waals surface area contributed by atoms with Crippen LogP contribution in [0.1, 0.15) is 5.56 Å². The molecule has 0 fully saturated rings. The maximum absolute atomic E-state index is 11.8. The molecule has 0 saturated heterocycles. The predicted molar refractivity (Wildman–Crippen MR) is 82.6 cm³/mol. The van der Waals surface area contributed by atoms with Gasteiger partial charge in [0.1, 0.15) is 0 Å². The number of carbonyl (C=O) groups excluding carboxylic acids is 2. The van der Waals surface area contributed by atoms with E-state index in [1.807, 2.05) is 19.1 Å². The second kappa shape index (κ2) is 6.34. The number of hydrogen-bond donors (Lipinski definition) is 2. The summed E-state index contributed by atoms with van der Waals surface area (Å²) in [5.74, 6) is -1.40. The first-order valence-corrected chi connectivity index (χ1v) is 6.78. The summed E-state index contributed by atoms with van der Waals surface area (Å²) in [6, 6.07) is 14.3. The first-order chi connectivity index (χ1) is 9.54. The SMILES string of the molecule is Cc1cccc(NC(=O)C(=O)Nc2ccc(Br)cc2)c1. The van der Waals surface area contributed by atoms with E-state index in [-0.39, 0.29) is 0 Å². The molecule has 0 unspecified atom stereocenters. The Morgan fingerprint density at radius 3 is 2.10 bits per heavy atom. The fraction of sp³-hybridized carbons (Fsp3) is 0.0667. The van der Waals surface area contributed by atoms with Gasteiger partial charge < -0.3 is 10.6 Å². The van der Waals surface area contributed by atoms with E-state index in [9.17, 15) is 9.59 Å². The van der Waals surface area contributed by atoms with Crippen LogP contribution >= 0.6 is 15.9 Å². The molecule has 0 aliphatic heterocycles. The van der Waals surface area contributed by atoms with Gasteiger partial charge in [-0.3, -0.25) is 9.59 Å². The Labute approximate surface area is 125 Å². The molecule has 0 aliphatic carbocycles. The molecule has 0 atom stereocenters. The minimum absolute atomic E-state index is 0.567. The number of anilines is 2. The van der Waals surface area contributed by atoms with E-state index in [1.165, 1.54) is 0 Å². The second-order valence-corrected chi connectivity index (χ2v) is 5.20. The molecule has 0 spiro atoms. The van der Waals surface area contributed by atoms with Gasteiger partial charge in [-0.25, -0.2) is 0 Å². The molecule has 0 heterocycles. The van der Waals surface area contributed by atoms with Crippen molar-refractivity contribution in [2.75, 3.05) is 10.6 Å². The van der Waals surface area contributed by atoms with Gasteiger partial charge in [0, 0.05) is 15.8 Å². The van der Waals surface area contributed by atoms with Crippen LogP contribution in [0.2, 0.25) is 0 Å². The van der Waals surface area contributed by atoms with Crippen LogP contribution in [-0.4, -0.2) is 11.8 Å². The van der Waals surface area contributed by atoms with E-state index < -0.39 is 11.8 Å². The highest BCUT2D eigenvalue weighted by Gasteiger charge is 2.13. The number of rotatable bonds is 2. The highest BCUT2D eigenvalue weighted by molar-refractivity contribution is 9.10. The summed E-state index contributed by atoms with van der Waals surface area (Å²) in [6.45, 7) is 1.91. The average molecular weight is 333 g/mol. The zero-order valence-electron chi connectivity index (χ0n) is 10.8. The summed E-state index contributed by atoms with van der Waals surface area (Å²) < 4.78 is 0.903. The lowest BCUT2D eigenvalue weighted by Crippen LogP contribution is -2.29. The third-order valence-electron chi connectivity index (χ3n) is 2.58. The Morgan fingerprint density at radius 2 is 1.50 bits per heavy atom. The minimum Gasteiger partial charge on any atom is -0.318 e. The third-order valence-corrected chi connectivity index (χ3v) is 3.11. The van der Waals surface area contributed by atoms with E-state index >= 15 is 0 Å². The van der Waals surface area contributed by atoms with Crippen molar-refractivity contribution < 1.29 is 9.59 Å². The quantitative estimate of drug-likeness (QED) is 0.828. The van der Waals surface area contributed by atoms with Crippen LogP contribution in [-0.2, 0) is 9.59 Å². The number of carbonyl (C=O) groups is 2. The van der Waals surface area contributed by atoms with Crippen molar-refractivity contribution in [3.63, 3.8) is 0 Å². The lowest BCUT2D eigenvalue weighted by molar-refractivity contribution is -0.132. The van der Waals surface area contributed by atoms with Crippen LogP contribution in [0.3, 0.4) is 0 Å². The van der Waals surface area contributed by atoms with E-state index in [1.54, 1.807) is 36.4 Å². The Morgan fingerprint density at radius 1 is 0.900 bits per heavy atom. The topological polar surface area (TPSA) is 58.2 Å². The van der Waals surface area contributed by atoms with Crippen LogP contribution in [0.5, 0.6) is 0 Å². The molecule has 102 valence electrons. The highest BCUT2D eigenvalue weighted by Crippen LogP contribution is 2.14. The van der Waals surface area contributed by atoms with Crippen LogP contribution in [0.15, 0.2) is 53.0 Å². The van der Waals surface area contributed by atoms with Crippen molar-refractivity contribution in [3.05, 3.63) is 58.6 Å². The van der Waals surface area contributed by atoms with Gasteiger partial charge >= 0.3 is 11.8 Å². The molecular formula is C15H13BrN2O2. The summed E-state index contributed by atoms with van der Waals surface area (Å²) in [5, 5.41) is 5.09. The molecule has 0 radical (unpaired) electrons. The molecule has 0 aliphatic rings. The van der Waals surface area contributed by atoms with Gasteiger partial charge in [-0.15, -0.1) is 0 Å². The van der Waals surface area contributed by atoms with Crippen LogP contribution in [0.4, 0.5) is 11.4 Å². The lowest BCUT2D eigenvalue weighted by Gasteiger charge is -2.07. The molecule has 5 heteroatoms. The maximum Gasteiger partial charge on any atom is 0.314 e. The van der Waals surface area contributed by atoms with Gasteiger partial charge in [-0.1, -0.05) is 28.1 Å². The number of nitrogens with one attached hydrogen (secondary N) is 2. The summed E-state index contributed by atoms with van der Waals surface area (Å²) in [4.78, 5) is 23.5. The summed E-state index contributed by atoms with van der Waals surface area (Å²) in [5.41, 5.74) is 2.18. The Balaban J connectivity index is 1.98. The van der Waals surface area contributed by atoms with Crippen molar-refractivity contribution in [1.82, 2.24) is 0 Å². The number of benzene rings is 2. The first-order valence-electron chi connectivity index (χ1n) is 5.99. The van der Waals surface area contributed by atoms with Gasteiger partial charge in [0.15, 0.2) is 0 Å². The molecule has 0 saturated carbocycles. The van der Waals surface area contributed by atoms with Gasteiger partial charge in [-0.2, -0.15) is 0 Å². The van der Waals surface area contributed by atoms with Gasteiger partial charge in [0.25, 0.3) is 0 Å². The van der Waals surface area contributed by atoms with Crippen LogP contribution in [0, 0.1) is 6.92 Å². The maximum atomic E-state index is 11.8. The second-order valence-electron chi connectivity index (χ2n) is 4.28. The molecule has 2 N–H and O–H groups in total. The van der Waals surface area contributed by atoms with Crippen molar-refractivity contribution >= 4 is 39.1 Å². The summed E-state index contributed by atoms with van der Waals surface area (Å²) in [7, 11) is 0. The number of amides is 2. The lowest BCUT2D eigenvalue weighted by atomic mass is 10.2. The molecule has 0 aromatic heterocycles. The average Bonchev–Trinajstić information content (AvgIpc) is 2.41. The predicted octanol–water partition coefficient (Wildman–Crippen LogP) is 3.33. The Bertz CT molecular complexity index is 639. The fourth-order valence-electron chi connectivity index (χ4n) is 1.63. The fourth-order valence-corrected chi connectivity index (χ4v) is 1.90. The number of halogens is 1. The zero-order valence-corrected chi connectivity index (χ0v) is 12.4. The van der Waals surface area contributed by atoms with Crippen molar-refractivity contribution in [1.29, 1.82) is 0 Å². The Kier molecular flexibility index (Phi) is 4.53. The molecule has 4 nitrogen and oxygen atoms in total. The monoisotopic (exact) mass is 332 g/mol. The third kappa shape index (κ3) is 3.93. The van der Waals surface area contributed by atoms with Gasteiger partial charge in [0.2, 0.25) is 0 Å². The van der Waals surface area contributed by atoms with Crippen LogP contribution < -0.4 is 10.6 Å². The normalized spacial score (nSPS) is 9.90. The van der Waals surface area contributed by atoms with E-state index in [0.717, 1.165) is 10.0 Å². The number of aryl methyl sites for hydroxylation is 1. The van der Waals surface area contributed by atoms with Crippen molar-refractivity contribution in [2.45, 2.75) is 6.92 Å². The molecule has 2 aromatic rings. The largest absolute Gasteiger partial charge is 0.318 e. The molecule has 2 amide bonds. The number of hydrogen-bond acceptors (Lipinski definition) is 2. The summed E-state index contributed by atoms with van der Waals surface area (Å²) in [6.07, 6.45) is 0. The van der Waals surface area contributed by atoms with E-state index in [0.29, 0.717) is 11.4 Å². The van der Waals surface area contributed by atoms with Crippen molar-refractivity contribution in [2.24, 2.45) is 0 Å². The smallest absolute Gasteiger partial charge is 0.314 e. The van der Waals surface area contributed by atoms with Gasteiger partial charge in [0.05, 0.1) is 0 Å². The molecule has 2 aromatic carbocycles. The molecule has 2 rings (SSSR count). The van der Waals surface area contributed by atoms with E-state index in [4.69, 9.17) is 0 Å². The Hall–Kier alpha value is -2.14. The molecular weight excluding hydrogens is 320 g/mol. The highest BCUT2D eigenvalue weighted by atomic mass is 79.9. The summed E-state index contributed by atoms with van der Waals surface area (Å²) >= 11 is 3.30. The van der Waals surface area contributed by atoms with Crippen molar-refractivity contribution in [3.8, 4) is 0 Å². The molecule has 20 heavy (non-hydrogen) atoms. The minimum atomic E-state index is -0.700. The first kappa shape index (κ1) is 14.3. The van der Waals surface area contributed by atoms with Gasteiger partial charge in [-0.05, 0) is 48.9 Å².